The number of nitrogen functional groups attached to an aromatic ring is 1. The summed E-state index contributed by atoms with van der Waals surface area (Å²) < 4.78 is 0. The van der Waals surface area contributed by atoms with Gasteiger partial charge in [-0.15, -0.1) is 0 Å². The largest absolute Gasteiger partial charge is 0.384 e. The predicted molar refractivity (Wildman–Crippen MR) is 47.8 cm³/mol. The van der Waals surface area contributed by atoms with Gasteiger partial charge < -0.3 is 11.1 Å². The fraction of sp³-hybridized carbons (Fsp3) is 0.500. The quantitative estimate of drug-likeness (QED) is 0.682. The fourth-order valence-electron chi connectivity index (χ4n) is 1.10. The number of hydrogen-bond donors (Lipinski definition) is 2. The van der Waals surface area contributed by atoms with E-state index in [1.807, 2.05) is 6.92 Å². The molecule has 12 heavy (non-hydrogen) atoms. The van der Waals surface area contributed by atoms with Crippen LogP contribution in [-0.4, -0.2) is 16.0 Å². The third-order valence-corrected chi connectivity index (χ3v) is 1.79. The predicted octanol–water partition coefficient (Wildman–Crippen LogP) is 0.942. The number of rotatable bonds is 2. The standard InChI is InChI=1S/C8H12N4/c1-5-10-7(9)4-8(11-5)12-6-2-3-6/h4,6H,2-3H2,1H3,(H3,9,10,11,12). The van der Waals surface area contributed by atoms with E-state index in [-0.39, 0.29) is 0 Å². The van der Waals surface area contributed by atoms with Crippen molar-refractivity contribution in [1.29, 1.82) is 0 Å². The normalized spacial score (nSPS) is 16.1. The number of hydrogen-bond acceptors (Lipinski definition) is 4. The first kappa shape index (κ1) is 7.34. The van der Waals surface area contributed by atoms with E-state index in [1.165, 1.54) is 12.8 Å². The maximum atomic E-state index is 5.56. The molecule has 1 heterocycles. The van der Waals surface area contributed by atoms with Gasteiger partial charge in [-0.2, -0.15) is 0 Å². The molecule has 0 amide bonds. The molecule has 4 nitrogen and oxygen atoms in total. The van der Waals surface area contributed by atoms with Crippen LogP contribution < -0.4 is 11.1 Å². The molecule has 0 aromatic carbocycles. The van der Waals surface area contributed by atoms with E-state index in [0.29, 0.717) is 11.9 Å². The Morgan fingerprint density at radius 1 is 1.50 bits per heavy atom. The zero-order chi connectivity index (χ0) is 8.55. The highest BCUT2D eigenvalue weighted by atomic mass is 15.1. The molecular formula is C8H12N4. The monoisotopic (exact) mass is 164 g/mol. The van der Waals surface area contributed by atoms with Crippen LogP contribution in [0, 0.1) is 6.92 Å². The first-order chi connectivity index (χ1) is 5.74. The van der Waals surface area contributed by atoms with Crippen LogP contribution in [0.1, 0.15) is 18.7 Å². The minimum absolute atomic E-state index is 0.533. The maximum absolute atomic E-state index is 5.56. The van der Waals surface area contributed by atoms with Crippen molar-refractivity contribution < 1.29 is 0 Å². The van der Waals surface area contributed by atoms with E-state index >= 15 is 0 Å². The van der Waals surface area contributed by atoms with Crippen molar-refractivity contribution in [2.24, 2.45) is 0 Å². The molecule has 1 aliphatic rings. The Kier molecular flexibility index (Phi) is 1.60. The first-order valence-corrected chi connectivity index (χ1v) is 4.12. The zero-order valence-corrected chi connectivity index (χ0v) is 7.04. The van der Waals surface area contributed by atoms with Gasteiger partial charge in [0, 0.05) is 12.1 Å². The van der Waals surface area contributed by atoms with E-state index in [2.05, 4.69) is 15.3 Å². The molecule has 0 unspecified atom stereocenters. The minimum atomic E-state index is 0.533. The molecule has 2 rings (SSSR count). The highest BCUT2D eigenvalue weighted by molar-refractivity contribution is 5.45. The lowest BCUT2D eigenvalue weighted by molar-refractivity contribution is 1.03. The molecule has 1 aliphatic carbocycles. The average Bonchev–Trinajstić information content (AvgIpc) is 2.68. The van der Waals surface area contributed by atoms with Crippen LogP contribution in [0.5, 0.6) is 0 Å². The number of nitrogens with zero attached hydrogens (tertiary/aromatic N) is 2. The summed E-state index contributed by atoms with van der Waals surface area (Å²) in [6.07, 6.45) is 2.48. The maximum Gasteiger partial charge on any atom is 0.132 e. The molecule has 4 heteroatoms. The Morgan fingerprint density at radius 3 is 2.83 bits per heavy atom. The summed E-state index contributed by atoms with van der Waals surface area (Å²) in [4.78, 5) is 8.20. The van der Waals surface area contributed by atoms with Gasteiger partial charge in [-0.3, -0.25) is 0 Å². The van der Waals surface area contributed by atoms with Gasteiger partial charge in [-0.05, 0) is 19.8 Å². The zero-order valence-electron chi connectivity index (χ0n) is 7.04. The van der Waals surface area contributed by atoms with E-state index in [0.717, 1.165) is 11.6 Å². The summed E-state index contributed by atoms with van der Waals surface area (Å²) in [6, 6.07) is 2.38. The summed E-state index contributed by atoms with van der Waals surface area (Å²) in [5, 5.41) is 3.27. The van der Waals surface area contributed by atoms with Crippen molar-refractivity contribution in [3.63, 3.8) is 0 Å². The van der Waals surface area contributed by atoms with Crippen molar-refractivity contribution in [1.82, 2.24) is 9.97 Å². The van der Waals surface area contributed by atoms with Gasteiger partial charge in [0.1, 0.15) is 17.5 Å². The lowest BCUT2D eigenvalue weighted by atomic mass is 10.5. The number of aryl methyl sites for hydroxylation is 1. The molecule has 1 fully saturated rings. The molecular weight excluding hydrogens is 152 g/mol. The third kappa shape index (κ3) is 1.64. The van der Waals surface area contributed by atoms with Crippen LogP contribution in [0.25, 0.3) is 0 Å². The van der Waals surface area contributed by atoms with Gasteiger partial charge in [-0.1, -0.05) is 0 Å². The van der Waals surface area contributed by atoms with Crippen LogP contribution in [-0.2, 0) is 0 Å². The van der Waals surface area contributed by atoms with Crippen LogP contribution in [0.15, 0.2) is 6.07 Å². The van der Waals surface area contributed by atoms with E-state index < -0.39 is 0 Å². The summed E-state index contributed by atoms with van der Waals surface area (Å²) in [7, 11) is 0. The topological polar surface area (TPSA) is 63.8 Å². The van der Waals surface area contributed by atoms with E-state index in [4.69, 9.17) is 5.73 Å². The lowest BCUT2D eigenvalue weighted by Crippen LogP contribution is -2.06. The van der Waals surface area contributed by atoms with E-state index in [9.17, 15) is 0 Å². The Labute approximate surface area is 71.2 Å². The van der Waals surface area contributed by atoms with Crippen molar-refractivity contribution >= 4 is 11.6 Å². The van der Waals surface area contributed by atoms with Crippen molar-refractivity contribution in [3.8, 4) is 0 Å². The summed E-state index contributed by atoms with van der Waals surface area (Å²) in [5.41, 5.74) is 5.56. The molecule has 3 N–H and O–H groups in total. The highest BCUT2D eigenvalue weighted by Crippen LogP contribution is 2.23. The van der Waals surface area contributed by atoms with Gasteiger partial charge >= 0.3 is 0 Å². The Morgan fingerprint density at radius 2 is 2.25 bits per heavy atom. The summed E-state index contributed by atoms with van der Waals surface area (Å²) in [5.74, 6) is 2.10. The number of nitrogens with two attached hydrogens (primary N) is 1. The summed E-state index contributed by atoms with van der Waals surface area (Å²) >= 11 is 0. The van der Waals surface area contributed by atoms with Crippen LogP contribution in [0.3, 0.4) is 0 Å². The number of aromatic nitrogens is 2. The van der Waals surface area contributed by atoms with Gasteiger partial charge in [0.15, 0.2) is 0 Å². The molecule has 0 bridgehead atoms. The van der Waals surface area contributed by atoms with Gasteiger partial charge in [0.05, 0.1) is 0 Å². The Bertz CT molecular complexity index is 273. The number of nitrogens with one attached hydrogen (secondary N) is 1. The Hall–Kier alpha value is -1.32. The van der Waals surface area contributed by atoms with Crippen molar-refractivity contribution in [3.05, 3.63) is 11.9 Å². The molecule has 1 saturated carbocycles. The number of anilines is 2. The van der Waals surface area contributed by atoms with Gasteiger partial charge in [0.25, 0.3) is 0 Å². The molecule has 1 aromatic rings. The molecule has 0 aliphatic heterocycles. The molecule has 0 saturated heterocycles. The van der Waals surface area contributed by atoms with Crippen LogP contribution in [0.2, 0.25) is 0 Å². The minimum Gasteiger partial charge on any atom is -0.384 e. The fourth-order valence-corrected chi connectivity index (χ4v) is 1.10. The molecule has 1 aromatic heterocycles. The Balaban J connectivity index is 2.18. The second kappa shape index (κ2) is 2.62. The second-order valence-corrected chi connectivity index (χ2v) is 3.14. The summed E-state index contributed by atoms with van der Waals surface area (Å²) in [6.45, 7) is 1.84. The van der Waals surface area contributed by atoms with Gasteiger partial charge in [-0.25, -0.2) is 9.97 Å². The SMILES string of the molecule is Cc1nc(N)cc(NC2CC2)n1. The van der Waals surface area contributed by atoms with Crippen molar-refractivity contribution in [2.75, 3.05) is 11.1 Å². The van der Waals surface area contributed by atoms with Gasteiger partial charge in [0.2, 0.25) is 0 Å². The average molecular weight is 164 g/mol. The van der Waals surface area contributed by atoms with Crippen molar-refractivity contribution in [2.45, 2.75) is 25.8 Å². The second-order valence-electron chi connectivity index (χ2n) is 3.14. The molecule has 0 spiro atoms. The molecule has 0 atom stereocenters. The third-order valence-electron chi connectivity index (χ3n) is 1.79. The van der Waals surface area contributed by atoms with Crippen LogP contribution in [0.4, 0.5) is 11.6 Å². The molecule has 0 radical (unpaired) electrons. The van der Waals surface area contributed by atoms with Crippen LogP contribution >= 0.6 is 0 Å². The molecule has 64 valence electrons. The first-order valence-electron chi connectivity index (χ1n) is 4.12. The lowest BCUT2D eigenvalue weighted by Gasteiger charge is -2.04. The smallest absolute Gasteiger partial charge is 0.132 e. The van der Waals surface area contributed by atoms with E-state index in [1.54, 1.807) is 6.07 Å². The highest BCUT2D eigenvalue weighted by Gasteiger charge is 2.21.